The maximum atomic E-state index is 13.8. The van der Waals surface area contributed by atoms with Gasteiger partial charge in [0.2, 0.25) is 17.7 Å². The van der Waals surface area contributed by atoms with Crippen LogP contribution < -0.4 is 9.64 Å². The summed E-state index contributed by atoms with van der Waals surface area (Å²) in [6, 6.07) is 12.0. The van der Waals surface area contributed by atoms with Crippen molar-refractivity contribution in [3.05, 3.63) is 58.6 Å². The summed E-state index contributed by atoms with van der Waals surface area (Å²) in [5.74, 6) is -1.17. The third-order valence-corrected chi connectivity index (χ3v) is 6.56. The molecule has 8 nitrogen and oxygen atoms in total. The molecule has 1 saturated heterocycles. The molecule has 2 aromatic carbocycles. The van der Waals surface area contributed by atoms with Crippen LogP contribution in [0.2, 0.25) is 5.02 Å². The topological polar surface area (TPSA) is 93.2 Å². The van der Waals surface area contributed by atoms with Crippen molar-refractivity contribution in [1.29, 1.82) is 0 Å². The normalized spacial score (nSPS) is 19.3. The van der Waals surface area contributed by atoms with Gasteiger partial charge in [0.15, 0.2) is 5.41 Å². The fourth-order valence-electron chi connectivity index (χ4n) is 4.73. The molecular formula is C27H29ClN2O6. The van der Waals surface area contributed by atoms with Crippen molar-refractivity contribution in [2.75, 3.05) is 18.6 Å². The van der Waals surface area contributed by atoms with E-state index in [1.54, 1.807) is 70.3 Å². The minimum absolute atomic E-state index is 0.0469. The number of anilines is 1. The Kier molecular flexibility index (Phi) is 6.84. The molecule has 1 atom stereocenters. The fraction of sp³-hybridized carbons (Fsp3) is 0.407. The molecule has 190 valence electrons. The van der Waals surface area contributed by atoms with Gasteiger partial charge < -0.3 is 14.4 Å². The van der Waals surface area contributed by atoms with Gasteiger partial charge in [0.05, 0.1) is 20.1 Å². The second-order valence-corrected chi connectivity index (χ2v) is 10.5. The highest BCUT2D eigenvalue weighted by molar-refractivity contribution is 6.32. The van der Waals surface area contributed by atoms with E-state index < -0.39 is 28.7 Å². The Bertz CT molecular complexity index is 1220. The lowest BCUT2D eigenvalue weighted by Gasteiger charge is -2.23. The van der Waals surface area contributed by atoms with Crippen LogP contribution in [0.1, 0.15) is 51.2 Å². The van der Waals surface area contributed by atoms with E-state index in [9.17, 15) is 19.2 Å². The minimum atomic E-state index is -1.66. The average molecular weight is 513 g/mol. The molecule has 2 aliphatic heterocycles. The molecule has 0 saturated carbocycles. The van der Waals surface area contributed by atoms with Gasteiger partial charge in [0.25, 0.3) is 0 Å². The second kappa shape index (κ2) is 9.58. The van der Waals surface area contributed by atoms with Crippen molar-refractivity contribution in [3.8, 4) is 5.75 Å². The molecule has 2 aromatic rings. The smallest absolute Gasteiger partial charge is 0.306 e. The van der Waals surface area contributed by atoms with Gasteiger partial charge in [-0.05, 0) is 63.1 Å². The predicted molar refractivity (Wildman–Crippen MR) is 134 cm³/mol. The van der Waals surface area contributed by atoms with Gasteiger partial charge in [0.1, 0.15) is 11.4 Å². The van der Waals surface area contributed by atoms with Gasteiger partial charge in [-0.15, -0.1) is 0 Å². The number of carbonyl (C=O) groups excluding carboxylic acids is 4. The first-order valence-corrected chi connectivity index (χ1v) is 12.2. The van der Waals surface area contributed by atoms with Gasteiger partial charge in [0, 0.05) is 29.2 Å². The second-order valence-electron chi connectivity index (χ2n) is 10.0. The van der Waals surface area contributed by atoms with E-state index in [1.165, 1.54) is 4.90 Å². The molecular weight excluding hydrogens is 484 g/mol. The molecule has 0 radical (unpaired) electrons. The standard InChI is InChI=1S/C27H29ClN2O6/c1-26(2,3)36-23(32)6-5-13-29-21-12-9-18(28)14-20(21)27(24(29)33)15-22(31)30(25(27)34)16-17-7-10-19(35-4)11-8-17/h7-12,14H,5-6,13,15-16H2,1-4H3. The van der Waals surface area contributed by atoms with Crippen LogP contribution in [0.15, 0.2) is 42.5 Å². The number of methoxy groups -OCH3 is 1. The Hall–Kier alpha value is -3.39. The summed E-state index contributed by atoms with van der Waals surface area (Å²) in [4.78, 5) is 55.4. The molecule has 1 fully saturated rings. The van der Waals surface area contributed by atoms with E-state index in [0.29, 0.717) is 28.4 Å². The number of likely N-dealkylation sites (tertiary alicyclic amines) is 1. The highest BCUT2D eigenvalue weighted by Crippen LogP contribution is 2.49. The number of imide groups is 1. The first kappa shape index (κ1) is 25.7. The molecule has 1 spiro atoms. The van der Waals surface area contributed by atoms with Crippen molar-refractivity contribution in [1.82, 2.24) is 4.90 Å². The molecule has 3 amide bonds. The number of carbonyl (C=O) groups is 4. The highest BCUT2D eigenvalue weighted by atomic mass is 35.5. The summed E-state index contributed by atoms with van der Waals surface area (Å²) < 4.78 is 10.5. The van der Waals surface area contributed by atoms with Crippen LogP contribution in [0, 0.1) is 0 Å². The number of fused-ring (bicyclic) bond motifs is 2. The molecule has 36 heavy (non-hydrogen) atoms. The number of halogens is 1. The number of nitrogens with zero attached hydrogens (tertiary/aromatic N) is 2. The zero-order chi connectivity index (χ0) is 26.3. The molecule has 2 heterocycles. The third kappa shape index (κ3) is 4.69. The number of rotatable bonds is 7. The molecule has 1 unspecified atom stereocenters. The van der Waals surface area contributed by atoms with Crippen LogP contribution in [0.25, 0.3) is 0 Å². The van der Waals surface area contributed by atoms with E-state index >= 15 is 0 Å². The molecule has 0 bridgehead atoms. The number of hydrogen-bond donors (Lipinski definition) is 0. The highest BCUT2D eigenvalue weighted by Gasteiger charge is 2.63. The molecule has 9 heteroatoms. The Morgan fingerprint density at radius 3 is 2.33 bits per heavy atom. The quantitative estimate of drug-likeness (QED) is 0.316. The lowest BCUT2D eigenvalue weighted by molar-refractivity contribution is -0.155. The summed E-state index contributed by atoms with van der Waals surface area (Å²) in [6.07, 6.45) is 0.195. The maximum absolute atomic E-state index is 13.8. The van der Waals surface area contributed by atoms with E-state index in [1.807, 2.05) is 0 Å². The van der Waals surface area contributed by atoms with E-state index in [4.69, 9.17) is 21.1 Å². The summed E-state index contributed by atoms with van der Waals surface area (Å²) in [5, 5.41) is 0.366. The largest absolute Gasteiger partial charge is 0.497 e. The summed E-state index contributed by atoms with van der Waals surface area (Å²) in [7, 11) is 1.56. The SMILES string of the molecule is COc1ccc(CN2C(=O)CC3(C2=O)C(=O)N(CCCC(=O)OC(C)(C)C)c2ccc(Cl)cc23)cc1. The Morgan fingerprint density at radius 1 is 1.03 bits per heavy atom. The first-order valence-electron chi connectivity index (χ1n) is 11.8. The zero-order valence-corrected chi connectivity index (χ0v) is 21.6. The average Bonchev–Trinajstić information content (AvgIpc) is 3.19. The van der Waals surface area contributed by atoms with Crippen molar-refractivity contribution in [2.24, 2.45) is 0 Å². The van der Waals surface area contributed by atoms with E-state index in [0.717, 1.165) is 10.5 Å². The van der Waals surface area contributed by atoms with Crippen LogP contribution in [0.4, 0.5) is 5.69 Å². The number of amides is 3. The lowest BCUT2D eigenvalue weighted by atomic mass is 9.80. The zero-order valence-electron chi connectivity index (χ0n) is 20.8. The monoisotopic (exact) mass is 512 g/mol. The maximum Gasteiger partial charge on any atom is 0.306 e. The summed E-state index contributed by atoms with van der Waals surface area (Å²) in [5.41, 5.74) is -0.567. The van der Waals surface area contributed by atoms with Crippen molar-refractivity contribution < 1.29 is 28.7 Å². The Morgan fingerprint density at radius 2 is 1.69 bits per heavy atom. The first-order chi connectivity index (χ1) is 17.0. The van der Waals surface area contributed by atoms with Crippen LogP contribution in [0.5, 0.6) is 5.75 Å². The fourth-order valence-corrected chi connectivity index (χ4v) is 4.90. The van der Waals surface area contributed by atoms with Crippen LogP contribution >= 0.6 is 11.6 Å². The Labute approximate surface area is 215 Å². The third-order valence-electron chi connectivity index (χ3n) is 6.33. The Balaban J connectivity index is 1.58. The van der Waals surface area contributed by atoms with Crippen molar-refractivity contribution in [2.45, 2.75) is 57.6 Å². The number of esters is 1. The van der Waals surface area contributed by atoms with Gasteiger partial charge in [-0.2, -0.15) is 0 Å². The van der Waals surface area contributed by atoms with E-state index in [2.05, 4.69) is 0 Å². The molecule has 0 aliphatic carbocycles. The minimum Gasteiger partial charge on any atom is -0.497 e. The van der Waals surface area contributed by atoms with Crippen molar-refractivity contribution in [3.63, 3.8) is 0 Å². The van der Waals surface area contributed by atoms with Crippen LogP contribution in [-0.2, 0) is 35.9 Å². The van der Waals surface area contributed by atoms with E-state index in [-0.39, 0.29) is 31.9 Å². The van der Waals surface area contributed by atoms with Gasteiger partial charge in [-0.25, -0.2) is 0 Å². The number of hydrogen-bond acceptors (Lipinski definition) is 6. The van der Waals surface area contributed by atoms with Gasteiger partial charge >= 0.3 is 5.97 Å². The van der Waals surface area contributed by atoms with Crippen LogP contribution in [-0.4, -0.2) is 47.8 Å². The van der Waals surface area contributed by atoms with Crippen LogP contribution in [0.3, 0.4) is 0 Å². The summed E-state index contributed by atoms with van der Waals surface area (Å²) >= 11 is 6.25. The number of ether oxygens (including phenoxy) is 2. The predicted octanol–water partition coefficient (Wildman–Crippen LogP) is 4.01. The molecule has 0 aromatic heterocycles. The van der Waals surface area contributed by atoms with Gasteiger partial charge in [-0.3, -0.25) is 24.1 Å². The van der Waals surface area contributed by atoms with Gasteiger partial charge in [-0.1, -0.05) is 23.7 Å². The lowest BCUT2D eigenvalue weighted by Crippen LogP contribution is -2.46. The molecule has 2 aliphatic rings. The number of benzene rings is 2. The molecule has 4 rings (SSSR count). The molecule has 0 N–H and O–H groups in total. The van der Waals surface area contributed by atoms with Crippen molar-refractivity contribution >= 4 is 41.0 Å². The summed E-state index contributed by atoms with van der Waals surface area (Å²) in [6.45, 7) is 5.62.